The van der Waals surface area contributed by atoms with Crippen LogP contribution in [0.5, 0.6) is 11.5 Å². The Morgan fingerprint density at radius 2 is 1.81 bits per heavy atom. The molecule has 2 aromatic carbocycles. The highest BCUT2D eigenvalue weighted by atomic mass is 35.5. The monoisotopic (exact) mass is 462 g/mol. The number of likely N-dealkylation sites (tertiary alicyclic amines) is 1. The standard InChI is InChI=1S/C24H28Cl2N2O3/c1-30-22-8-6-17-18(24(22)31-2)9-12-28(21(17)15-27-10-3-4-11-27)23(29)14-16-5-7-19(25)20(26)13-16/h5-8,13,21H,3-4,9-12,14-15H2,1-2H3. The van der Waals surface area contributed by atoms with E-state index in [1.54, 1.807) is 26.4 Å². The third kappa shape index (κ3) is 4.64. The van der Waals surface area contributed by atoms with Crippen molar-refractivity contribution in [1.82, 2.24) is 9.80 Å². The summed E-state index contributed by atoms with van der Waals surface area (Å²) in [6.45, 7) is 3.63. The fraction of sp³-hybridized carbons (Fsp3) is 0.458. The largest absolute Gasteiger partial charge is 0.493 e. The van der Waals surface area contributed by atoms with Crippen LogP contribution in [0.25, 0.3) is 0 Å². The van der Waals surface area contributed by atoms with Gasteiger partial charge in [-0.25, -0.2) is 0 Å². The summed E-state index contributed by atoms with van der Waals surface area (Å²) in [4.78, 5) is 17.9. The van der Waals surface area contributed by atoms with Gasteiger partial charge in [0.1, 0.15) is 0 Å². The summed E-state index contributed by atoms with van der Waals surface area (Å²) in [6.07, 6.45) is 3.46. The van der Waals surface area contributed by atoms with Crippen molar-refractivity contribution in [3.63, 3.8) is 0 Å². The van der Waals surface area contributed by atoms with Crippen LogP contribution in [-0.2, 0) is 17.6 Å². The van der Waals surface area contributed by atoms with Crippen LogP contribution in [-0.4, -0.2) is 56.1 Å². The lowest BCUT2D eigenvalue weighted by molar-refractivity contribution is -0.133. The highest BCUT2D eigenvalue weighted by Gasteiger charge is 2.35. The van der Waals surface area contributed by atoms with Gasteiger partial charge in [-0.2, -0.15) is 0 Å². The number of methoxy groups -OCH3 is 2. The van der Waals surface area contributed by atoms with E-state index in [2.05, 4.69) is 11.0 Å². The topological polar surface area (TPSA) is 42.0 Å². The molecule has 0 aromatic heterocycles. The number of hydrogen-bond acceptors (Lipinski definition) is 4. The maximum absolute atomic E-state index is 13.4. The lowest BCUT2D eigenvalue weighted by Crippen LogP contribution is -2.45. The third-order valence-corrected chi connectivity index (χ3v) is 7.05. The Hall–Kier alpha value is -1.95. The van der Waals surface area contributed by atoms with Gasteiger partial charge in [-0.15, -0.1) is 0 Å². The molecule has 0 bridgehead atoms. The molecule has 1 unspecified atom stereocenters. The minimum absolute atomic E-state index is 0.0167. The number of halogens is 2. The number of nitrogens with zero attached hydrogens (tertiary/aromatic N) is 2. The molecule has 0 radical (unpaired) electrons. The molecule has 0 saturated carbocycles. The van der Waals surface area contributed by atoms with E-state index in [1.807, 2.05) is 17.0 Å². The highest BCUT2D eigenvalue weighted by molar-refractivity contribution is 6.42. The van der Waals surface area contributed by atoms with Crippen molar-refractivity contribution >= 4 is 29.1 Å². The quantitative estimate of drug-likeness (QED) is 0.619. The van der Waals surface area contributed by atoms with Crippen molar-refractivity contribution in [2.45, 2.75) is 31.7 Å². The van der Waals surface area contributed by atoms with Crippen LogP contribution in [0.1, 0.15) is 35.6 Å². The zero-order chi connectivity index (χ0) is 22.0. The van der Waals surface area contributed by atoms with Crippen molar-refractivity contribution < 1.29 is 14.3 Å². The second-order valence-corrected chi connectivity index (χ2v) is 8.97. The van der Waals surface area contributed by atoms with Crippen LogP contribution in [0.3, 0.4) is 0 Å². The Morgan fingerprint density at radius 1 is 1.03 bits per heavy atom. The maximum atomic E-state index is 13.4. The van der Waals surface area contributed by atoms with Gasteiger partial charge in [0, 0.05) is 18.7 Å². The molecule has 5 nitrogen and oxygen atoms in total. The Labute approximate surface area is 193 Å². The summed E-state index contributed by atoms with van der Waals surface area (Å²) >= 11 is 12.2. The summed E-state index contributed by atoms with van der Waals surface area (Å²) in [5, 5.41) is 0.971. The smallest absolute Gasteiger partial charge is 0.227 e. The molecule has 0 N–H and O–H groups in total. The molecule has 0 aliphatic carbocycles. The average molecular weight is 463 g/mol. The highest BCUT2D eigenvalue weighted by Crippen LogP contribution is 2.41. The summed E-state index contributed by atoms with van der Waals surface area (Å²) in [5.41, 5.74) is 3.17. The number of fused-ring (bicyclic) bond motifs is 1. The van der Waals surface area contributed by atoms with E-state index in [-0.39, 0.29) is 11.9 Å². The number of amides is 1. The first kappa shape index (κ1) is 22.3. The molecule has 2 aliphatic rings. The number of rotatable bonds is 6. The number of ether oxygens (including phenoxy) is 2. The summed E-state index contributed by atoms with van der Waals surface area (Å²) in [5.74, 6) is 1.61. The van der Waals surface area contributed by atoms with Gasteiger partial charge < -0.3 is 19.3 Å². The lowest BCUT2D eigenvalue weighted by atomic mass is 9.90. The van der Waals surface area contributed by atoms with Crippen molar-refractivity contribution in [3.8, 4) is 11.5 Å². The molecule has 0 spiro atoms. The van der Waals surface area contributed by atoms with Gasteiger partial charge in [0.15, 0.2) is 11.5 Å². The first-order valence-electron chi connectivity index (χ1n) is 10.7. The molecule has 1 fully saturated rings. The molecular weight excluding hydrogens is 435 g/mol. The number of benzene rings is 2. The number of carbonyl (C=O) groups excluding carboxylic acids is 1. The normalized spacial score (nSPS) is 18.7. The average Bonchev–Trinajstić information content (AvgIpc) is 3.28. The fourth-order valence-electron chi connectivity index (χ4n) is 4.76. The SMILES string of the molecule is COc1ccc2c(c1OC)CCN(C(=O)Cc1ccc(Cl)c(Cl)c1)C2CN1CCCC1. The van der Waals surface area contributed by atoms with Crippen LogP contribution in [0.4, 0.5) is 0 Å². The molecule has 31 heavy (non-hydrogen) atoms. The predicted octanol–water partition coefficient (Wildman–Crippen LogP) is 4.77. The van der Waals surface area contributed by atoms with Gasteiger partial charge in [-0.1, -0.05) is 35.3 Å². The summed E-state index contributed by atoms with van der Waals surface area (Å²) in [7, 11) is 3.33. The van der Waals surface area contributed by atoms with Gasteiger partial charge in [-0.3, -0.25) is 4.79 Å². The first-order chi connectivity index (χ1) is 15.0. The molecule has 1 saturated heterocycles. The van der Waals surface area contributed by atoms with E-state index in [0.29, 0.717) is 23.0 Å². The van der Waals surface area contributed by atoms with Crippen molar-refractivity contribution in [3.05, 3.63) is 57.1 Å². The van der Waals surface area contributed by atoms with Crippen molar-refractivity contribution in [2.24, 2.45) is 0 Å². The summed E-state index contributed by atoms with van der Waals surface area (Å²) in [6, 6.07) is 9.42. The molecule has 2 aromatic rings. The zero-order valence-corrected chi connectivity index (χ0v) is 19.5. The van der Waals surface area contributed by atoms with Gasteiger partial charge >= 0.3 is 0 Å². The zero-order valence-electron chi connectivity index (χ0n) is 18.0. The minimum Gasteiger partial charge on any atom is -0.493 e. The first-order valence-corrected chi connectivity index (χ1v) is 11.5. The minimum atomic E-state index is -0.0167. The molecular formula is C24H28Cl2N2O3. The Kier molecular flexibility index (Phi) is 6.95. The Morgan fingerprint density at radius 3 is 2.48 bits per heavy atom. The number of hydrogen-bond donors (Lipinski definition) is 0. The van der Waals surface area contributed by atoms with Crippen LogP contribution in [0.15, 0.2) is 30.3 Å². The van der Waals surface area contributed by atoms with E-state index < -0.39 is 0 Å². The van der Waals surface area contributed by atoms with Crippen molar-refractivity contribution in [2.75, 3.05) is 40.4 Å². The Bertz CT molecular complexity index is 960. The van der Waals surface area contributed by atoms with Crippen LogP contribution in [0, 0.1) is 0 Å². The van der Waals surface area contributed by atoms with Crippen LogP contribution < -0.4 is 9.47 Å². The summed E-state index contributed by atoms with van der Waals surface area (Å²) < 4.78 is 11.2. The van der Waals surface area contributed by atoms with E-state index in [9.17, 15) is 4.79 Å². The molecule has 2 aliphatic heterocycles. The van der Waals surface area contributed by atoms with Crippen LogP contribution in [0.2, 0.25) is 10.0 Å². The van der Waals surface area contributed by atoms with Crippen LogP contribution >= 0.6 is 23.2 Å². The second-order valence-electron chi connectivity index (χ2n) is 8.15. The molecule has 1 amide bonds. The van der Waals surface area contributed by atoms with E-state index in [1.165, 1.54) is 12.8 Å². The van der Waals surface area contributed by atoms with Crippen molar-refractivity contribution in [1.29, 1.82) is 0 Å². The molecule has 166 valence electrons. The molecule has 2 heterocycles. The van der Waals surface area contributed by atoms with Gasteiger partial charge in [0.25, 0.3) is 0 Å². The molecule has 1 atom stereocenters. The van der Waals surface area contributed by atoms with Gasteiger partial charge in [0.05, 0.1) is 36.7 Å². The maximum Gasteiger partial charge on any atom is 0.227 e. The second kappa shape index (κ2) is 9.68. The van der Waals surface area contributed by atoms with E-state index >= 15 is 0 Å². The van der Waals surface area contributed by atoms with Gasteiger partial charge in [0.2, 0.25) is 5.91 Å². The van der Waals surface area contributed by atoms with Gasteiger partial charge in [-0.05, 0) is 61.7 Å². The Balaban J connectivity index is 1.64. The lowest BCUT2D eigenvalue weighted by Gasteiger charge is -2.40. The number of carbonyl (C=O) groups is 1. The predicted molar refractivity (Wildman–Crippen MR) is 124 cm³/mol. The van der Waals surface area contributed by atoms with E-state index in [4.69, 9.17) is 32.7 Å². The molecule has 7 heteroatoms. The fourth-order valence-corrected chi connectivity index (χ4v) is 5.08. The third-order valence-electron chi connectivity index (χ3n) is 6.31. The van der Waals surface area contributed by atoms with E-state index in [0.717, 1.165) is 54.2 Å². The molecule has 4 rings (SSSR count).